The van der Waals surface area contributed by atoms with E-state index in [9.17, 15) is 4.79 Å². The van der Waals surface area contributed by atoms with Gasteiger partial charge in [0.2, 0.25) is 0 Å². The van der Waals surface area contributed by atoms with Crippen molar-refractivity contribution in [2.45, 2.75) is 45.1 Å². The molecule has 1 atom stereocenters. The maximum Gasteiger partial charge on any atom is 0.340 e. The van der Waals surface area contributed by atoms with Crippen molar-refractivity contribution in [2.24, 2.45) is 0 Å². The van der Waals surface area contributed by atoms with Crippen molar-refractivity contribution in [2.75, 3.05) is 7.11 Å². The molecule has 0 amide bonds. The Labute approximate surface area is 165 Å². The monoisotopic (exact) mass is 372 g/mol. The maximum absolute atomic E-state index is 12.4. The standard InChI is InChI=1S/C24H24N2O2/c1-4-6-20-13-14-21(24(27)28-3)23-22(20)15-25-26(23)16(2)17-9-11-19(12-10-17)18-7-5-8-18/h9-16,18H,5,7-8H2,1-3H3. The minimum atomic E-state index is -0.365. The van der Waals surface area contributed by atoms with Crippen LogP contribution in [0.5, 0.6) is 0 Å². The van der Waals surface area contributed by atoms with Gasteiger partial charge < -0.3 is 4.74 Å². The first-order chi connectivity index (χ1) is 13.6. The van der Waals surface area contributed by atoms with Gasteiger partial charge in [0.1, 0.15) is 0 Å². The number of benzene rings is 2. The molecule has 2 aromatic carbocycles. The second kappa shape index (κ2) is 7.52. The highest BCUT2D eigenvalue weighted by Crippen LogP contribution is 2.37. The van der Waals surface area contributed by atoms with E-state index in [1.807, 2.05) is 10.7 Å². The summed E-state index contributed by atoms with van der Waals surface area (Å²) >= 11 is 0. The number of hydrogen-bond donors (Lipinski definition) is 0. The van der Waals surface area contributed by atoms with Gasteiger partial charge in [0.25, 0.3) is 0 Å². The number of methoxy groups -OCH3 is 1. The lowest BCUT2D eigenvalue weighted by Gasteiger charge is -2.26. The van der Waals surface area contributed by atoms with E-state index in [0.29, 0.717) is 5.56 Å². The van der Waals surface area contributed by atoms with Gasteiger partial charge in [-0.3, -0.25) is 4.68 Å². The van der Waals surface area contributed by atoms with Crippen LogP contribution in [0.3, 0.4) is 0 Å². The maximum atomic E-state index is 12.4. The highest BCUT2D eigenvalue weighted by Gasteiger charge is 2.22. The van der Waals surface area contributed by atoms with Crippen LogP contribution in [0.15, 0.2) is 42.6 Å². The van der Waals surface area contributed by atoms with Gasteiger partial charge in [-0.2, -0.15) is 5.10 Å². The molecule has 1 aliphatic carbocycles. The van der Waals surface area contributed by atoms with Crippen molar-refractivity contribution in [1.29, 1.82) is 0 Å². The molecule has 1 heterocycles. The number of carbonyl (C=O) groups is 1. The summed E-state index contributed by atoms with van der Waals surface area (Å²) in [6.45, 7) is 3.90. The van der Waals surface area contributed by atoms with E-state index in [-0.39, 0.29) is 12.0 Å². The first-order valence-corrected chi connectivity index (χ1v) is 9.75. The molecule has 3 aromatic rings. The molecule has 4 nitrogen and oxygen atoms in total. The SMILES string of the molecule is CC#Cc1ccc(C(=O)OC)c2c1cnn2C(C)c1ccc(C2CCC2)cc1. The fraction of sp³-hybridized carbons (Fsp3) is 0.333. The van der Waals surface area contributed by atoms with E-state index in [1.54, 1.807) is 19.2 Å². The van der Waals surface area contributed by atoms with Crippen molar-refractivity contribution >= 4 is 16.9 Å². The van der Waals surface area contributed by atoms with Crippen molar-refractivity contribution in [1.82, 2.24) is 9.78 Å². The van der Waals surface area contributed by atoms with E-state index in [0.717, 1.165) is 27.9 Å². The van der Waals surface area contributed by atoms with E-state index < -0.39 is 0 Å². The average Bonchev–Trinajstić information content (AvgIpc) is 3.12. The van der Waals surface area contributed by atoms with Gasteiger partial charge in [-0.05, 0) is 55.9 Å². The Balaban J connectivity index is 1.79. The van der Waals surface area contributed by atoms with Crippen LogP contribution in [0, 0.1) is 11.8 Å². The lowest BCUT2D eigenvalue weighted by molar-refractivity contribution is 0.0602. The number of esters is 1. The highest BCUT2D eigenvalue weighted by molar-refractivity contribution is 6.04. The Kier molecular flexibility index (Phi) is 4.92. The third-order valence-corrected chi connectivity index (χ3v) is 5.78. The summed E-state index contributed by atoms with van der Waals surface area (Å²) in [5.74, 6) is 6.39. The second-order valence-electron chi connectivity index (χ2n) is 7.35. The Morgan fingerprint density at radius 3 is 2.57 bits per heavy atom. The Morgan fingerprint density at radius 1 is 1.21 bits per heavy atom. The quantitative estimate of drug-likeness (QED) is 0.474. The van der Waals surface area contributed by atoms with Crippen LogP contribution in [0.2, 0.25) is 0 Å². The van der Waals surface area contributed by atoms with Crippen LogP contribution in [-0.2, 0) is 4.74 Å². The molecule has 4 rings (SSSR count). The van der Waals surface area contributed by atoms with Gasteiger partial charge in [-0.15, -0.1) is 5.92 Å². The molecule has 0 spiro atoms. The normalized spacial score (nSPS) is 14.8. The fourth-order valence-electron chi connectivity index (χ4n) is 3.90. The lowest BCUT2D eigenvalue weighted by Crippen LogP contribution is -2.13. The molecule has 0 aliphatic heterocycles. The molecule has 0 bridgehead atoms. The largest absolute Gasteiger partial charge is 0.465 e. The van der Waals surface area contributed by atoms with Crippen LogP contribution in [0.1, 0.15) is 72.1 Å². The third kappa shape index (κ3) is 3.07. The van der Waals surface area contributed by atoms with Crippen LogP contribution >= 0.6 is 0 Å². The minimum absolute atomic E-state index is 0.0128. The summed E-state index contributed by atoms with van der Waals surface area (Å²) < 4.78 is 6.90. The van der Waals surface area contributed by atoms with Crippen molar-refractivity contribution in [3.8, 4) is 11.8 Å². The zero-order valence-corrected chi connectivity index (χ0v) is 16.5. The smallest absolute Gasteiger partial charge is 0.340 e. The van der Waals surface area contributed by atoms with Crippen molar-refractivity contribution in [3.05, 3.63) is 64.8 Å². The molecule has 1 aliphatic rings. The number of hydrogen-bond acceptors (Lipinski definition) is 3. The fourth-order valence-corrected chi connectivity index (χ4v) is 3.90. The van der Waals surface area contributed by atoms with Gasteiger partial charge in [0.05, 0.1) is 30.4 Å². The van der Waals surface area contributed by atoms with E-state index in [4.69, 9.17) is 4.74 Å². The molecule has 0 radical (unpaired) electrons. The molecular formula is C24H24N2O2. The molecule has 1 unspecified atom stereocenters. The van der Waals surface area contributed by atoms with Crippen LogP contribution in [0.25, 0.3) is 10.9 Å². The molecule has 4 heteroatoms. The Bertz CT molecular complexity index is 1080. The first kappa shape index (κ1) is 18.3. The summed E-state index contributed by atoms with van der Waals surface area (Å²) in [4.78, 5) is 12.4. The number of rotatable bonds is 4. The van der Waals surface area contributed by atoms with E-state index in [1.165, 1.54) is 31.9 Å². The summed E-state index contributed by atoms with van der Waals surface area (Å²) in [5, 5.41) is 5.49. The predicted octanol–water partition coefficient (Wildman–Crippen LogP) is 5.07. The van der Waals surface area contributed by atoms with Gasteiger partial charge in [-0.1, -0.05) is 36.6 Å². The van der Waals surface area contributed by atoms with Gasteiger partial charge in [-0.25, -0.2) is 4.79 Å². The Hall–Kier alpha value is -3.06. The molecule has 1 saturated carbocycles. The molecule has 28 heavy (non-hydrogen) atoms. The van der Waals surface area contributed by atoms with Gasteiger partial charge >= 0.3 is 5.97 Å². The number of carbonyl (C=O) groups excluding carboxylic acids is 1. The summed E-state index contributed by atoms with van der Waals surface area (Å²) in [6.07, 6.45) is 5.72. The predicted molar refractivity (Wildman–Crippen MR) is 110 cm³/mol. The molecule has 0 saturated heterocycles. The number of fused-ring (bicyclic) bond motifs is 1. The molecule has 1 fully saturated rings. The van der Waals surface area contributed by atoms with Crippen LogP contribution in [-0.4, -0.2) is 22.9 Å². The average molecular weight is 372 g/mol. The van der Waals surface area contributed by atoms with E-state index >= 15 is 0 Å². The minimum Gasteiger partial charge on any atom is -0.465 e. The molecular weight excluding hydrogens is 348 g/mol. The molecule has 142 valence electrons. The van der Waals surface area contributed by atoms with Crippen LogP contribution < -0.4 is 0 Å². The summed E-state index contributed by atoms with van der Waals surface area (Å²) in [6, 6.07) is 12.4. The number of aromatic nitrogens is 2. The molecule has 0 N–H and O–H groups in total. The highest BCUT2D eigenvalue weighted by atomic mass is 16.5. The first-order valence-electron chi connectivity index (χ1n) is 9.75. The Morgan fingerprint density at radius 2 is 1.96 bits per heavy atom. The zero-order chi connectivity index (χ0) is 19.7. The lowest BCUT2D eigenvalue weighted by atomic mass is 9.80. The van der Waals surface area contributed by atoms with Gasteiger partial charge in [0, 0.05) is 10.9 Å². The van der Waals surface area contributed by atoms with E-state index in [2.05, 4.69) is 48.1 Å². The molecule has 1 aromatic heterocycles. The van der Waals surface area contributed by atoms with Crippen molar-refractivity contribution < 1.29 is 9.53 Å². The van der Waals surface area contributed by atoms with Crippen LogP contribution in [0.4, 0.5) is 0 Å². The topological polar surface area (TPSA) is 44.1 Å². The van der Waals surface area contributed by atoms with Crippen molar-refractivity contribution in [3.63, 3.8) is 0 Å². The summed E-state index contributed by atoms with van der Waals surface area (Å²) in [5.41, 5.74) is 4.72. The number of ether oxygens (including phenoxy) is 1. The zero-order valence-electron chi connectivity index (χ0n) is 16.5. The third-order valence-electron chi connectivity index (χ3n) is 5.78. The number of nitrogens with zero attached hydrogens (tertiary/aromatic N) is 2. The van der Waals surface area contributed by atoms with Gasteiger partial charge in [0.15, 0.2) is 0 Å². The summed E-state index contributed by atoms with van der Waals surface area (Å²) in [7, 11) is 1.40. The second-order valence-corrected chi connectivity index (χ2v) is 7.35.